The second kappa shape index (κ2) is 9.11. The molecule has 2 atom stereocenters. The Bertz CT molecular complexity index is 847. The average molecular weight is 398 g/mol. The lowest BCUT2D eigenvalue weighted by atomic mass is 9.96. The molecule has 1 fully saturated rings. The molecule has 29 heavy (non-hydrogen) atoms. The second-order valence-corrected chi connectivity index (χ2v) is 7.86. The normalized spacial score (nSPS) is 19.3. The first-order valence-corrected chi connectivity index (χ1v) is 10.3. The first kappa shape index (κ1) is 20.9. The summed E-state index contributed by atoms with van der Waals surface area (Å²) >= 11 is 0. The highest BCUT2D eigenvalue weighted by Crippen LogP contribution is 2.32. The molecule has 0 spiro atoms. The van der Waals surface area contributed by atoms with Crippen molar-refractivity contribution in [2.45, 2.75) is 58.7 Å². The van der Waals surface area contributed by atoms with Crippen LogP contribution >= 0.6 is 0 Å². The van der Waals surface area contributed by atoms with E-state index in [9.17, 15) is 9.59 Å². The molecule has 0 aliphatic carbocycles. The summed E-state index contributed by atoms with van der Waals surface area (Å²) in [7, 11) is 0. The number of nitrogens with one attached hydrogen (secondary N) is 2. The van der Waals surface area contributed by atoms with Gasteiger partial charge in [0, 0.05) is 43.1 Å². The molecule has 1 aliphatic heterocycles. The quantitative estimate of drug-likeness (QED) is 0.524. The Hall–Kier alpha value is -2.83. The lowest BCUT2D eigenvalue weighted by Crippen LogP contribution is -2.51. The van der Waals surface area contributed by atoms with Crippen LogP contribution in [0.1, 0.15) is 50.9 Å². The zero-order chi connectivity index (χ0) is 21.0. The summed E-state index contributed by atoms with van der Waals surface area (Å²) in [4.78, 5) is 35.7. The van der Waals surface area contributed by atoms with Crippen molar-refractivity contribution in [1.82, 2.24) is 9.97 Å². The highest BCUT2D eigenvalue weighted by Gasteiger charge is 2.33. The van der Waals surface area contributed by atoms with Crippen molar-refractivity contribution >= 4 is 29.4 Å². The van der Waals surface area contributed by atoms with E-state index in [1.54, 1.807) is 13.1 Å². The number of carbonyl (C=O) groups excluding carboxylic acids is 2. The van der Waals surface area contributed by atoms with E-state index in [4.69, 9.17) is 0 Å². The minimum atomic E-state index is -0.244. The van der Waals surface area contributed by atoms with Crippen molar-refractivity contribution in [2.75, 3.05) is 28.2 Å². The van der Waals surface area contributed by atoms with Gasteiger partial charge in [-0.25, -0.2) is 4.98 Å². The zero-order valence-corrected chi connectivity index (χ0v) is 17.7. The van der Waals surface area contributed by atoms with Crippen LogP contribution in [0.15, 0.2) is 30.6 Å². The van der Waals surface area contributed by atoms with E-state index < -0.39 is 0 Å². The summed E-state index contributed by atoms with van der Waals surface area (Å²) in [5.74, 6) is 1.78. The van der Waals surface area contributed by atoms with Gasteiger partial charge in [-0.05, 0) is 58.7 Å². The molecule has 2 aromatic rings. The number of anilines is 3. The Morgan fingerprint density at radius 1 is 1.48 bits per heavy atom. The summed E-state index contributed by atoms with van der Waals surface area (Å²) < 4.78 is 0. The highest BCUT2D eigenvalue weighted by atomic mass is 16.1. The van der Waals surface area contributed by atoms with Crippen molar-refractivity contribution in [3.63, 3.8) is 0 Å². The Morgan fingerprint density at radius 2 is 2.28 bits per heavy atom. The number of Topliss-reactive ketones (excluding diaryl/α,β-unsaturated/α-hetero) is 1. The van der Waals surface area contributed by atoms with Gasteiger partial charge in [0.1, 0.15) is 12.1 Å². The molecule has 7 heteroatoms. The predicted molar refractivity (Wildman–Crippen MR) is 117 cm³/mol. The summed E-state index contributed by atoms with van der Waals surface area (Å²) in [5.41, 5.74) is 1.66. The largest absolute Gasteiger partial charge is 0.380 e. The number of ketones is 1. The molecular weight excluding hydrogens is 366 g/mol. The van der Waals surface area contributed by atoms with Crippen molar-refractivity contribution in [3.05, 3.63) is 36.2 Å². The van der Waals surface area contributed by atoms with Crippen LogP contribution in [0.3, 0.4) is 0 Å². The van der Waals surface area contributed by atoms with Crippen molar-refractivity contribution in [1.29, 1.82) is 0 Å². The van der Waals surface area contributed by atoms with Gasteiger partial charge in [-0.15, -0.1) is 0 Å². The number of nitrogens with zero attached hydrogens (tertiary/aromatic N) is 3. The van der Waals surface area contributed by atoms with Gasteiger partial charge < -0.3 is 24.9 Å². The molecule has 2 unspecified atom stereocenters. The Kier molecular flexibility index (Phi) is 6.56. The SMILES string of the molecule is CCN(c1ncccc1NC(C)C)C1CCN(c2cc(C(C)=O)c[nH]2)C(C=O)C1. The first-order chi connectivity index (χ1) is 13.9. The van der Waals surface area contributed by atoms with Crippen molar-refractivity contribution in [2.24, 2.45) is 0 Å². The van der Waals surface area contributed by atoms with Crippen LogP contribution in [-0.2, 0) is 4.79 Å². The fourth-order valence-corrected chi connectivity index (χ4v) is 4.07. The molecule has 156 valence electrons. The van der Waals surface area contributed by atoms with E-state index >= 15 is 0 Å². The number of H-pyrrole nitrogens is 1. The maximum absolute atomic E-state index is 11.9. The lowest BCUT2D eigenvalue weighted by molar-refractivity contribution is -0.109. The van der Waals surface area contributed by atoms with Crippen LogP contribution in [0, 0.1) is 0 Å². The van der Waals surface area contributed by atoms with Crippen LogP contribution in [0.5, 0.6) is 0 Å². The number of hydrogen-bond acceptors (Lipinski definition) is 6. The Labute approximate surface area is 172 Å². The minimum absolute atomic E-state index is 0.0162. The van der Waals surface area contributed by atoms with Gasteiger partial charge in [0.15, 0.2) is 11.6 Å². The smallest absolute Gasteiger partial charge is 0.161 e. The number of rotatable bonds is 8. The number of pyridine rings is 1. The molecule has 7 nitrogen and oxygen atoms in total. The van der Waals surface area contributed by atoms with Crippen LogP contribution in [-0.4, -0.2) is 53.3 Å². The van der Waals surface area contributed by atoms with Crippen LogP contribution in [0.2, 0.25) is 0 Å². The fourth-order valence-electron chi connectivity index (χ4n) is 4.07. The third-order valence-corrected chi connectivity index (χ3v) is 5.44. The van der Waals surface area contributed by atoms with E-state index in [-0.39, 0.29) is 17.9 Å². The molecule has 0 saturated carbocycles. The Balaban J connectivity index is 1.80. The summed E-state index contributed by atoms with van der Waals surface area (Å²) in [5, 5.41) is 3.48. The lowest BCUT2D eigenvalue weighted by Gasteiger charge is -2.42. The molecule has 0 aromatic carbocycles. The number of aromatic amines is 1. The van der Waals surface area contributed by atoms with Gasteiger partial charge in [0.25, 0.3) is 0 Å². The maximum Gasteiger partial charge on any atom is 0.161 e. The molecule has 2 N–H and O–H groups in total. The molecule has 0 bridgehead atoms. The second-order valence-electron chi connectivity index (χ2n) is 7.86. The molecule has 3 heterocycles. The van der Waals surface area contributed by atoms with Gasteiger partial charge >= 0.3 is 0 Å². The number of hydrogen-bond donors (Lipinski definition) is 2. The molecule has 0 amide bonds. The third kappa shape index (κ3) is 4.60. The number of carbonyl (C=O) groups is 2. The molecule has 0 radical (unpaired) electrons. The van der Waals surface area contributed by atoms with Gasteiger partial charge in [0.05, 0.1) is 11.7 Å². The van der Waals surface area contributed by atoms with Crippen LogP contribution in [0.4, 0.5) is 17.3 Å². The van der Waals surface area contributed by atoms with Gasteiger partial charge in [-0.3, -0.25) is 4.79 Å². The van der Waals surface area contributed by atoms with E-state index in [0.717, 1.165) is 43.1 Å². The van der Waals surface area contributed by atoms with Gasteiger partial charge in [-0.2, -0.15) is 0 Å². The van der Waals surface area contributed by atoms with Crippen LogP contribution in [0.25, 0.3) is 0 Å². The van der Waals surface area contributed by atoms with E-state index in [1.807, 2.05) is 18.3 Å². The predicted octanol–water partition coefficient (Wildman–Crippen LogP) is 3.50. The fraction of sp³-hybridized carbons (Fsp3) is 0.500. The molecule has 2 aromatic heterocycles. The summed E-state index contributed by atoms with van der Waals surface area (Å²) in [6.45, 7) is 9.45. The highest BCUT2D eigenvalue weighted by molar-refractivity contribution is 5.95. The van der Waals surface area contributed by atoms with Crippen molar-refractivity contribution < 1.29 is 9.59 Å². The van der Waals surface area contributed by atoms with Crippen molar-refractivity contribution in [3.8, 4) is 0 Å². The molecule has 1 saturated heterocycles. The molecular formula is C22H31N5O2. The average Bonchev–Trinajstić information content (AvgIpc) is 3.19. The first-order valence-electron chi connectivity index (χ1n) is 10.3. The van der Waals surface area contributed by atoms with E-state index in [2.05, 4.69) is 51.9 Å². The molecule has 3 rings (SSSR count). The Morgan fingerprint density at radius 3 is 2.90 bits per heavy atom. The topological polar surface area (TPSA) is 81.3 Å². The molecule has 1 aliphatic rings. The zero-order valence-electron chi connectivity index (χ0n) is 17.7. The van der Waals surface area contributed by atoms with Gasteiger partial charge in [0.2, 0.25) is 0 Å². The number of aromatic nitrogens is 2. The maximum atomic E-state index is 11.9. The van der Waals surface area contributed by atoms with E-state index in [0.29, 0.717) is 18.0 Å². The van der Waals surface area contributed by atoms with E-state index in [1.165, 1.54) is 0 Å². The standard InChI is InChI=1S/C22H31N5O2/c1-5-26(22-20(25-15(2)3)7-6-9-23-22)18-8-10-27(19(12-18)14-28)21-11-17(13-24-21)16(4)29/h6-7,9,11,13-15,18-19,24-25H,5,8,10,12H2,1-4H3. The number of aldehydes is 1. The summed E-state index contributed by atoms with van der Waals surface area (Å²) in [6, 6.07) is 6.11. The van der Waals surface area contributed by atoms with Gasteiger partial charge in [-0.1, -0.05) is 0 Å². The monoisotopic (exact) mass is 397 g/mol. The number of piperidine rings is 1. The minimum Gasteiger partial charge on any atom is -0.380 e. The van der Waals surface area contributed by atoms with Crippen LogP contribution < -0.4 is 15.1 Å². The third-order valence-electron chi connectivity index (χ3n) is 5.44. The summed E-state index contributed by atoms with van der Waals surface area (Å²) in [6.07, 6.45) is 6.16.